The number of carbonyl (C=O) groups is 1. The third-order valence-corrected chi connectivity index (χ3v) is 4.38. The van der Waals surface area contributed by atoms with Gasteiger partial charge in [-0.05, 0) is 49.2 Å². The molecule has 0 unspecified atom stereocenters. The van der Waals surface area contributed by atoms with E-state index in [1.807, 2.05) is 26.0 Å². The van der Waals surface area contributed by atoms with E-state index in [4.69, 9.17) is 11.6 Å². The van der Waals surface area contributed by atoms with E-state index in [0.29, 0.717) is 10.2 Å². The Kier molecular flexibility index (Phi) is 3.85. The van der Waals surface area contributed by atoms with Gasteiger partial charge in [0.1, 0.15) is 5.82 Å². The van der Waals surface area contributed by atoms with Crippen molar-refractivity contribution in [1.29, 1.82) is 0 Å². The Bertz CT molecular complexity index is 891. The summed E-state index contributed by atoms with van der Waals surface area (Å²) in [6.07, 6.45) is 0. The second-order valence-electron chi connectivity index (χ2n) is 5.03. The molecule has 1 aromatic heterocycles. The summed E-state index contributed by atoms with van der Waals surface area (Å²) in [5.74, 6) is -1.18. The molecule has 0 spiro atoms. The summed E-state index contributed by atoms with van der Waals surface area (Å²) >= 11 is 7.17. The number of hydrogen-bond acceptors (Lipinski definition) is 3. The van der Waals surface area contributed by atoms with Crippen LogP contribution in [0.1, 0.15) is 21.5 Å². The van der Waals surface area contributed by atoms with Crippen molar-refractivity contribution in [2.24, 2.45) is 0 Å². The predicted octanol–water partition coefficient (Wildman–Crippen LogP) is 4.96. The van der Waals surface area contributed by atoms with Gasteiger partial charge in [0.2, 0.25) is 0 Å². The van der Waals surface area contributed by atoms with E-state index >= 15 is 0 Å². The number of amides is 1. The Balaban J connectivity index is 1.94. The molecule has 112 valence electrons. The molecule has 6 heteroatoms. The number of aromatic nitrogens is 1. The summed E-state index contributed by atoms with van der Waals surface area (Å²) in [5.41, 5.74) is 2.92. The van der Waals surface area contributed by atoms with Crippen molar-refractivity contribution in [3.05, 3.63) is 57.9 Å². The summed E-state index contributed by atoms with van der Waals surface area (Å²) in [6.45, 7) is 3.98. The maximum Gasteiger partial charge on any atom is 0.260 e. The van der Waals surface area contributed by atoms with Crippen LogP contribution in [0.3, 0.4) is 0 Å². The molecule has 0 radical (unpaired) electrons. The first kappa shape index (κ1) is 14.9. The summed E-state index contributed by atoms with van der Waals surface area (Å²) < 4.78 is 14.7. The third kappa shape index (κ3) is 2.82. The molecule has 22 heavy (non-hydrogen) atoms. The summed E-state index contributed by atoms with van der Waals surface area (Å²) in [4.78, 5) is 16.6. The summed E-state index contributed by atoms with van der Waals surface area (Å²) in [7, 11) is 0. The molecule has 3 nitrogen and oxygen atoms in total. The van der Waals surface area contributed by atoms with E-state index in [9.17, 15) is 9.18 Å². The lowest BCUT2D eigenvalue weighted by Crippen LogP contribution is -2.13. The number of benzene rings is 2. The highest BCUT2D eigenvalue weighted by Crippen LogP contribution is 2.29. The Morgan fingerprint density at radius 1 is 1.27 bits per heavy atom. The fourth-order valence-electron chi connectivity index (χ4n) is 2.26. The molecule has 0 aliphatic carbocycles. The number of halogens is 2. The summed E-state index contributed by atoms with van der Waals surface area (Å²) in [6, 6.07) is 7.91. The van der Waals surface area contributed by atoms with Gasteiger partial charge in [-0.2, -0.15) is 0 Å². The molecule has 0 fully saturated rings. The normalized spacial score (nSPS) is 10.9. The lowest BCUT2D eigenvalue weighted by Gasteiger charge is -2.03. The van der Waals surface area contributed by atoms with Gasteiger partial charge in [-0.25, -0.2) is 9.37 Å². The van der Waals surface area contributed by atoms with E-state index in [1.54, 1.807) is 0 Å². The highest BCUT2D eigenvalue weighted by Gasteiger charge is 2.15. The van der Waals surface area contributed by atoms with Gasteiger partial charge in [0.15, 0.2) is 5.13 Å². The molecule has 1 heterocycles. The molecule has 0 atom stereocenters. The third-order valence-electron chi connectivity index (χ3n) is 3.22. The first-order chi connectivity index (χ1) is 10.4. The van der Waals surface area contributed by atoms with Crippen LogP contribution in [-0.4, -0.2) is 10.9 Å². The number of nitrogens with one attached hydrogen (secondary N) is 1. The van der Waals surface area contributed by atoms with Gasteiger partial charge < -0.3 is 0 Å². The zero-order valence-electron chi connectivity index (χ0n) is 11.9. The van der Waals surface area contributed by atoms with Crippen LogP contribution >= 0.6 is 22.9 Å². The second-order valence-corrected chi connectivity index (χ2v) is 6.49. The topological polar surface area (TPSA) is 42.0 Å². The van der Waals surface area contributed by atoms with E-state index in [-0.39, 0.29) is 5.56 Å². The van der Waals surface area contributed by atoms with Crippen LogP contribution in [0.2, 0.25) is 5.02 Å². The van der Waals surface area contributed by atoms with Gasteiger partial charge in [0, 0.05) is 5.02 Å². The maximum absolute atomic E-state index is 13.7. The number of aryl methyl sites for hydroxylation is 2. The smallest absolute Gasteiger partial charge is 0.260 e. The lowest BCUT2D eigenvalue weighted by molar-refractivity contribution is 0.102. The van der Waals surface area contributed by atoms with Crippen molar-refractivity contribution in [2.75, 3.05) is 5.32 Å². The fourth-order valence-corrected chi connectivity index (χ4v) is 3.47. The largest absolute Gasteiger partial charge is 0.298 e. The number of rotatable bonds is 2. The molecule has 0 saturated carbocycles. The Hall–Kier alpha value is -1.98. The molecule has 1 amide bonds. The van der Waals surface area contributed by atoms with Crippen LogP contribution in [0.4, 0.5) is 9.52 Å². The standard InChI is InChI=1S/C16H12ClFN2OS/c1-8-5-9(2)14-13(6-8)22-16(19-14)20-15(21)11-7-10(17)3-4-12(11)18/h3-7H,1-2H3,(H,19,20,21). The Morgan fingerprint density at radius 3 is 2.82 bits per heavy atom. The molecule has 0 aliphatic heterocycles. The van der Waals surface area contributed by atoms with Gasteiger partial charge in [-0.1, -0.05) is 29.0 Å². The minimum atomic E-state index is -0.616. The van der Waals surface area contributed by atoms with Gasteiger partial charge in [0.05, 0.1) is 15.8 Å². The van der Waals surface area contributed by atoms with Crippen molar-refractivity contribution >= 4 is 44.2 Å². The van der Waals surface area contributed by atoms with Gasteiger partial charge >= 0.3 is 0 Å². The highest BCUT2D eigenvalue weighted by atomic mass is 35.5. The number of anilines is 1. The van der Waals surface area contributed by atoms with Crippen molar-refractivity contribution < 1.29 is 9.18 Å². The monoisotopic (exact) mass is 334 g/mol. The molecule has 2 aromatic carbocycles. The first-order valence-corrected chi connectivity index (χ1v) is 7.77. The Labute approximate surface area is 135 Å². The number of fused-ring (bicyclic) bond motifs is 1. The zero-order chi connectivity index (χ0) is 15.9. The lowest BCUT2D eigenvalue weighted by atomic mass is 10.1. The highest BCUT2D eigenvalue weighted by molar-refractivity contribution is 7.22. The van der Waals surface area contributed by atoms with E-state index < -0.39 is 11.7 Å². The number of nitrogens with zero attached hydrogens (tertiary/aromatic N) is 1. The molecule has 0 saturated heterocycles. The number of carbonyl (C=O) groups excluding carboxylic acids is 1. The maximum atomic E-state index is 13.7. The minimum absolute atomic E-state index is 0.0975. The van der Waals surface area contributed by atoms with Crippen LogP contribution < -0.4 is 5.32 Å². The first-order valence-electron chi connectivity index (χ1n) is 6.58. The molecule has 1 N–H and O–H groups in total. The van der Waals surface area contributed by atoms with Crippen molar-refractivity contribution in [2.45, 2.75) is 13.8 Å². The van der Waals surface area contributed by atoms with E-state index in [0.717, 1.165) is 21.3 Å². The molecular formula is C16H12ClFN2OS. The van der Waals surface area contributed by atoms with Crippen LogP contribution in [0, 0.1) is 19.7 Å². The average molecular weight is 335 g/mol. The fraction of sp³-hybridized carbons (Fsp3) is 0.125. The van der Waals surface area contributed by atoms with Crippen molar-refractivity contribution in [3.63, 3.8) is 0 Å². The molecule has 3 rings (SSSR count). The molecular weight excluding hydrogens is 323 g/mol. The van der Waals surface area contributed by atoms with Gasteiger partial charge in [-0.15, -0.1) is 0 Å². The van der Waals surface area contributed by atoms with Crippen molar-refractivity contribution in [1.82, 2.24) is 4.98 Å². The van der Waals surface area contributed by atoms with Crippen molar-refractivity contribution in [3.8, 4) is 0 Å². The van der Waals surface area contributed by atoms with Gasteiger partial charge in [0.25, 0.3) is 5.91 Å². The van der Waals surface area contributed by atoms with E-state index in [2.05, 4.69) is 10.3 Å². The summed E-state index contributed by atoms with van der Waals surface area (Å²) in [5, 5.41) is 3.38. The Morgan fingerprint density at radius 2 is 2.05 bits per heavy atom. The quantitative estimate of drug-likeness (QED) is 0.719. The van der Waals surface area contributed by atoms with E-state index in [1.165, 1.54) is 29.5 Å². The number of hydrogen-bond donors (Lipinski definition) is 1. The van der Waals surface area contributed by atoms with Crippen LogP contribution in [0.25, 0.3) is 10.2 Å². The molecule has 0 bridgehead atoms. The van der Waals surface area contributed by atoms with Crippen LogP contribution in [0.15, 0.2) is 30.3 Å². The minimum Gasteiger partial charge on any atom is -0.298 e. The molecule has 3 aromatic rings. The molecule has 0 aliphatic rings. The average Bonchev–Trinajstić information content (AvgIpc) is 2.84. The predicted molar refractivity (Wildman–Crippen MR) is 88.5 cm³/mol. The second kappa shape index (κ2) is 5.66. The van der Waals surface area contributed by atoms with Crippen LogP contribution in [-0.2, 0) is 0 Å². The SMILES string of the molecule is Cc1cc(C)c2nc(NC(=O)c3cc(Cl)ccc3F)sc2c1. The number of thiazole rings is 1. The van der Waals surface area contributed by atoms with Crippen LogP contribution in [0.5, 0.6) is 0 Å². The van der Waals surface area contributed by atoms with Gasteiger partial charge in [-0.3, -0.25) is 10.1 Å². The zero-order valence-corrected chi connectivity index (χ0v) is 13.5.